The second kappa shape index (κ2) is 6.69. The summed E-state index contributed by atoms with van der Waals surface area (Å²) in [6, 6.07) is 20.0. The van der Waals surface area contributed by atoms with Crippen LogP contribution in [-0.2, 0) is 16.0 Å². The van der Waals surface area contributed by atoms with E-state index >= 15 is 0 Å². The van der Waals surface area contributed by atoms with Crippen molar-refractivity contribution in [3.63, 3.8) is 0 Å². The fraction of sp³-hybridized carbons (Fsp3) is 0.0526. The fourth-order valence-electron chi connectivity index (χ4n) is 2.23. The average molecular weight is 335 g/mol. The Kier molecular flexibility index (Phi) is 4.47. The van der Waals surface area contributed by atoms with Crippen LogP contribution >= 0.6 is 0 Å². The smallest absolute Gasteiger partial charge is 0.0795 e. The molecule has 0 spiro atoms. The van der Waals surface area contributed by atoms with Gasteiger partial charge in [-0.1, -0.05) is 12.1 Å². The third kappa shape index (κ3) is 3.16. The first-order chi connectivity index (χ1) is 10.8. The summed E-state index contributed by atoms with van der Waals surface area (Å²) >= 11 is 5.09. The van der Waals surface area contributed by atoms with Gasteiger partial charge in [-0.15, -0.1) is 0 Å². The van der Waals surface area contributed by atoms with Crippen LogP contribution in [0.2, 0.25) is 0 Å². The van der Waals surface area contributed by atoms with Crippen molar-refractivity contribution in [2.45, 2.75) is 6.92 Å². The Morgan fingerprint density at radius 2 is 1.55 bits per heavy atom. The summed E-state index contributed by atoms with van der Waals surface area (Å²) in [6.07, 6.45) is 3.62. The molecule has 0 aliphatic carbocycles. The zero-order chi connectivity index (χ0) is 15.4. The predicted molar refractivity (Wildman–Crippen MR) is 87.9 cm³/mol. The minimum atomic E-state index is 0.931. The predicted octanol–water partition coefficient (Wildman–Crippen LogP) is 3.95. The maximum atomic E-state index is 5.09. The van der Waals surface area contributed by atoms with Crippen molar-refractivity contribution >= 4 is 26.3 Å². The SMILES string of the molecule is Cc1cccc[c]1[Cu].c1cnc2c(c1)ccc1ncccc12. The number of hydrogen-bond donors (Lipinski definition) is 0. The molecule has 0 unspecified atom stereocenters. The van der Waals surface area contributed by atoms with Gasteiger partial charge in [0.15, 0.2) is 0 Å². The van der Waals surface area contributed by atoms with Gasteiger partial charge in [0.05, 0.1) is 11.0 Å². The van der Waals surface area contributed by atoms with Crippen LogP contribution in [0.5, 0.6) is 0 Å². The van der Waals surface area contributed by atoms with Crippen molar-refractivity contribution < 1.29 is 16.0 Å². The summed E-state index contributed by atoms with van der Waals surface area (Å²) in [6.45, 7) is 2.01. The normalized spacial score (nSPS) is 10.3. The molecule has 4 rings (SSSR count). The van der Waals surface area contributed by atoms with Gasteiger partial charge in [-0.05, 0) is 24.3 Å². The minimum Gasteiger partial charge on any atom is -0.256 e. The van der Waals surface area contributed by atoms with Gasteiger partial charge in [0, 0.05) is 23.2 Å². The van der Waals surface area contributed by atoms with Gasteiger partial charge in [0.25, 0.3) is 0 Å². The van der Waals surface area contributed by atoms with Gasteiger partial charge in [-0.3, -0.25) is 9.97 Å². The molecule has 2 aromatic heterocycles. The third-order valence-electron chi connectivity index (χ3n) is 3.39. The molecule has 0 N–H and O–H groups in total. The summed E-state index contributed by atoms with van der Waals surface area (Å²) in [5.41, 5.74) is 3.20. The van der Waals surface area contributed by atoms with Crippen LogP contribution in [0.3, 0.4) is 0 Å². The van der Waals surface area contributed by atoms with Gasteiger partial charge in [0.1, 0.15) is 0 Å². The quantitative estimate of drug-likeness (QED) is 0.359. The Labute approximate surface area is 138 Å². The monoisotopic (exact) mass is 334 g/mol. The molecule has 0 amide bonds. The molecule has 112 valence electrons. The number of benzene rings is 2. The first-order valence-corrected chi connectivity index (χ1v) is 7.48. The molecule has 0 aliphatic rings. The molecule has 22 heavy (non-hydrogen) atoms. The molecular weight excluding hydrogens is 320 g/mol. The third-order valence-corrected chi connectivity index (χ3v) is 3.92. The maximum Gasteiger partial charge on any atom is 0.0795 e. The van der Waals surface area contributed by atoms with Gasteiger partial charge in [-0.25, -0.2) is 0 Å². The number of rotatable bonds is 0. The second-order valence-electron chi connectivity index (χ2n) is 4.92. The van der Waals surface area contributed by atoms with E-state index in [0.29, 0.717) is 0 Å². The first-order valence-electron chi connectivity index (χ1n) is 7.01. The number of nitrogens with zero attached hydrogens (tertiary/aromatic N) is 2. The van der Waals surface area contributed by atoms with Gasteiger partial charge >= 0.3 is 57.2 Å². The van der Waals surface area contributed by atoms with Gasteiger partial charge in [0.2, 0.25) is 0 Å². The van der Waals surface area contributed by atoms with Crippen molar-refractivity contribution in [1.29, 1.82) is 0 Å². The molecule has 0 saturated carbocycles. The molecule has 0 fully saturated rings. The van der Waals surface area contributed by atoms with E-state index < -0.39 is 0 Å². The van der Waals surface area contributed by atoms with E-state index in [9.17, 15) is 0 Å². The second-order valence-corrected chi connectivity index (χ2v) is 5.43. The Balaban J connectivity index is 0.000000154. The van der Waals surface area contributed by atoms with E-state index in [1.54, 1.807) is 6.20 Å². The number of fused-ring (bicyclic) bond motifs is 3. The first kappa shape index (κ1) is 14.7. The van der Waals surface area contributed by atoms with Crippen LogP contribution < -0.4 is 4.46 Å². The molecule has 0 saturated heterocycles. The van der Waals surface area contributed by atoms with Crippen LogP contribution in [0.1, 0.15) is 5.56 Å². The number of pyridine rings is 2. The summed E-state index contributed by atoms with van der Waals surface area (Å²) in [4.78, 5) is 8.66. The van der Waals surface area contributed by atoms with E-state index in [2.05, 4.69) is 28.2 Å². The number of aromatic nitrogens is 2. The summed E-state index contributed by atoms with van der Waals surface area (Å²) in [7, 11) is 0. The molecule has 0 radical (unpaired) electrons. The Hall–Kier alpha value is -2.22. The van der Waals surface area contributed by atoms with Gasteiger partial charge < -0.3 is 0 Å². The minimum absolute atomic E-state index is 0.931. The van der Waals surface area contributed by atoms with E-state index in [4.69, 9.17) is 16.0 Å². The van der Waals surface area contributed by atoms with Crippen molar-refractivity contribution in [1.82, 2.24) is 9.97 Å². The molecule has 3 heteroatoms. The zero-order valence-electron chi connectivity index (χ0n) is 12.1. The average Bonchev–Trinajstić information content (AvgIpc) is 2.58. The summed E-state index contributed by atoms with van der Waals surface area (Å²) in [5.74, 6) is 0. The summed E-state index contributed by atoms with van der Waals surface area (Å²) < 4.78 is 0.931. The molecule has 4 aromatic rings. The summed E-state index contributed by atoms with van der Waals surface area (Å²) in [5, 5.41) is 2.28. The molecule has 0 bridgehead atoms. The molecule has 2 aromatic carbocycles. The standard InChI is InChI=1S/C12H8N2.C7H7.Cu/c1-3-9-5-6-11-10(4-2-7-13-11)12(9)14-8-1;1-7-5-3-2-4-6-7;/h1-8H;2-5H,1H3;. The van der Waals surface area contributed by atoms with Crippen LogP contribution in [-0.4, -0.2) is 9.97 Å². The van der Waals surface area contributed by atoms with Crippen LogP contribution in [0.25, 0.3) is 21.8 Å². The van der Waals surface area contributed by atoms with Crippen molar-refractivity contribution in [2.75, 3.05) is 0 Å². The van der Waals surface area contributed by atoms with E-state index in [1.165, 1.54) is 5.56 Å². The van der Waals surface area contributed by atoms with Crippen molar-refractivity contribution in [2.24, 2.45) is 0 Å². The van der Waals surface area contributed by atoms with E-state index in [-0.39, 0.29) is 0 Å². The van der Waals surface area contributed by atoms with Crippen LogP contribution in [0, 0.1) is 6.92 Å². The van der Waals surface area contributed by atoms with Crippen molar-refractivity contribution in [3.8, 4) is 0 Å². The van der Waals surface area contributed by atoms with Crippen molar-refractivity contribution in [3.05, 3.63) is 78.6 Å². The molecule has 2 nitrogen and oxygen atoms in total. The molecule has 0 atom stereocenters. The number of hydrogen-bond acceptors (Lipinski definition) is 2. The Morgan fingerprint density at radius 3 is 2.32 bits per heavy atom. The molecule has 2 heterocycles. The molecular formula is C19H15CuN2. The topological polar surface area (TPSA) is 25.8 Å². The zero-order valence-corrected chi connectivity index (χ0v) is 13.1. The van der Waals surface area contributed by atoms with E-state index in [0.717, 1.165) is 26.3 Å². The van der Waals surface area contributed by atoms with Crippen LogP contribution in [0.15, 0.2) is 73.1 Å². The Morgan fingerprint density at radius 1 is 0.773 bits per heavy atom. The van der Waals surface area contributed by atoms with E-state index in [1.807, 2.05) is 55.6 Å². The van der Waals surface area contributed by atoms with Crippen LogP contribution in [0.4, 0.5) is 0 Å². The van der Waals surface area contributed by atoms with Gasteiger partial charge in [-0.2, -0.15) is 0 Å². The largest absolute Gasteiger partial charge is 0.256 e. The number of aryl methyl sites for hydroxylation is 1. The maximum absolute atomic E-state index is 5.09. The Bertz CT molecular complexity index is 843. The molecule has 0 aliphatic heterocycles. The fourth-order valence-corrected chi connectivity index (χ4v) is 2.40.